The number of thiophene rings is 1. The average molecular weight is 466 g/mol. The van der Waals surface area contributed by atoms with E-state index >= 15 is 0 Å². The molecule has 0 fully saturated rings. The Bertz CT molecular complexity index is 1230. The van der Waals surface area contributed by atoms with E-state index < -0.39 is 9.84 Å². The highest BCUT2D eigenvalue weighted by Crippen LogP contribution is 2.33. The molecule has 1 aromatic carbocycles. The quantitative estimate of drug-likeness (QED) is 0.446. The van der Waals surface area contributed by atoms with Crippen molar-refractivity contribution in [3.63, 3.8) is 0 Å². The topological polar surface area (TPSA) is 80.5 Å². The van der Waals surface area contributed by atoms with Crippen LogP contribution in [0.3, 0.4) is 0 Å². The lowest BCUT2D eigenvalue weighted by molar-refractivity contribution is 0.592. The van der Waals surface area contributed by atoms with Gasteiger partial charge in [-0.15, -0.1) is 16.4 Å². The number of nitrogens with zero attached hydrogens (tertiary/aromatic N) is 5. The lowest BCUT2D eigenvalue weighted by Crippen LogP contribution is -2.23. The minimum Gasteiger partial charge on any atom is -0.356 e. The van der Waals surface area contributed by atoms with Gasteiger partial charge in [-0.3, -0.25) is 0 Å². The summed E-state index contributed by atoms with van der Waals surface area (Å²) >= 11 is 4.88. The number of rotatable bonds is 5. The molecule has 4 rings (SSSR count). The molecule has 27 heavy (non-hydrogen) atoms. The maximum Gasteiger partial charge on any atom is 0.229 e. The number of hydrogen-bond acceptors (Lipinski definition) is 7. The maximum absolute atomic E-state index is 13.1. The van der Waals surface area contributed by atoms with Gasteiger partial charge in [-0.25, -0.2) is 13.4 Å². The standard InChI is InChI=1S/C17H16BrN5O2S2/c1-3-22(4-2)15-14-13(9-10-26-14)23-16(19-15)17(20-21-23)27(24,25)12-7-5-11(18)6-8-12/h5-10H,3-4H2,1-2H3. The summed E-state index contributed by atoms with van der Waals surface area (Å²) in [6.45, 7) is 5.62. The molecule has 0 N–H and O–H groups in total. The van der Waals surface area contributed by atoms with E-state index in [4.69, 9.17) is 0 Å². The summed E-state index contributed by atoms with van der Waals surface area (Å²) in [5.41, 5.74) is 1.04. The molecule has 0 bridgehead atoms. The number of hydrogen-bond donors (Lipinski definition) is 0. The molecule has 0 aliphatic carbocycles. The summed E-state index contributed by atoms with van der Waals surface area (Å²) in [7, 11) is -3.84. The Kier molecular flexibility index (Phi) is 4.65. The van der Waals surface area contributed by atoms with E-state index in [1.807, 2.05) is 25.3 Å². The van der Waals surface area contributed by atoms with Gasteiger partial charge < -0.3 is 4.90 Å². The zero-order valence-electron chi connectivity index (χ0n) is 14.6. The van der Waals surface area contributed by atoms with Gasteiger partial charge in [-0.2, -0.15) is 4.52 Å². The zero-order valence-corrected chi connectivity index (χ0v) is 17.8. The Hall–Kier alpha value is -2.04. The van der Waals surface area contributed by atoms with Crippen LogP contribution in [-0.2, 0) is 9.84 Å². The molecule has 0 saturated carbocycles. The van der Waals surface area contributed by atoms with Gasteiger partial charge in [0.1, 0.15) is 0 Å². The van der Waals surface area contributed by atoms with Crippen molar-refractivity contribution < 1.29 is 8.42 Å². The highest BCUT2D eigenvalue weighted by atomic mass is 79.9. The second-order valence-corrected chi connectivity index (χ2v) is 9.53. The second-order valence-electron chi connectivity index (χ2n) is 5.83. The highest BCUT2D eigenvalue weighted by Gasteiger charge is 2.28. The Balaban J connectivity index is 2.00. The molecule has 0 amide bonds. The van der Waals surface area contributed by atoms with Gasteiger partial charge in [0.05, 0.1) is 15.1 Å². The van der Waals surface area contributed by atoms with Gasteiger partial charge in [0.15, 0.2) is 11.5 Å². The van der Waals surface area contributed by atoms with Crippen LogP contribution in [0.5, 0.6) is 0 Å². The van der Waals surface area contributed by atoms with Crippen LogP contribution in [0.2, 0.25) is 0 Å². The Morgan fingerprint density at radius 2 is 1.85 bits per heavy atom. The molecular weight excluding hydrogens is 450 g/mol. The molecule has 0 spiro atoms. The molecule has 140 valence electrons. The second kappa shape index (κ2) is 6.84. The van der Waals surface area contributed by atoms with Gasteiger partial charge in [-0.05, 0) is 49.6 Å². The van der Waals surface area contributed by atoms with Crippen molar-refractivity contribution in [2.24, 2.45) is 0 Å². The third-order valence-electron chi connectivity index (χ3n) is 4.35. The normalized spacial score (nSPS) is 12.1. The van der Waals surface area contributed by atoms with Crippen molar-refractivity contribution in [3.05, 3.63) is 40.2 Å². The first-order valence-corrected chi connectivity index (χ1v) is 11.5. The largest absolute Gasteiger partial charge is 0.356 e. The van der Waals surface area contributed by atoms with E-state index in [-0.39, 0.29) is 15.6 Å². The smallest absolute Gasteiger partial charge is 0.229 e. The minimum absolute atomic E-state index is 0.133. The van der Waals surface area contributed by atoms with Crippen LogP contribution in [0.25, 0.3) is 15.9 Å². The molecule has 0 saturated heterocycles. The summed E-state index contributed by atoms with van der Waals surface area (Å²) in [5.74, 6) is 0.757. The number of halogens is 1. The molecule has 10 heteroatoms. The van der Waals surface area contributed by atoms with E-state index in [2.05, 4.69) is 36.1 Å². The first kappa shape index (κ1) is 18.3. The van der Waals surface area contributed by atoms with Crippen LogP contribution >= 0.6 is 27.3 Å². The van der Waals surface area contributed by atoms with Crippen molar-refractivity contribution in [3.8, 4) is 0 Å². The fourth-order valence-electron chi connectivity index (χ4n) is 2.94. The lowest BCUT2D eigenvalue weighted by Gasteiger charge is -2.20. The van der Waals surface area contributed by atoms with E-state index in [0.29, 0.717) is 0 Å². The molecule has 4 aromatic rings. The predicted octanol–water partition coefficient (Wildman–Crippen LogP) is 3.78. The SMILES string of the molecule is CCN(CC)c1nc2c(S(=O)(=O)c3ccc(Br)cc3)nnn2c2ccsc12. The molecule has 0 aliphatic rings. The molecule has 0 aliphatic heterocycles. The monoisotopic (exact) mass is 465 g/mol. The van der Waals surface area contributed by atoms with Crippen molar-refractivity contribution in [2.45, 2.75) is 23.8 Å². The third-order valence-corrected chi connectivity index (χ3v) is 7.44. The average Bonchev–Trinajstić information content (AvgIpc) is 3.30. The number of benzene rings is 1. The lowest BCUT2D eigenvalue weighted by atomic mass is 10.4. The van der Waals surface area contributed by atoms with Gasteiger partial charge in [0.2, 0.25) is 14.9 Å². The van der Waals surface area contributed by atoms with Crippen LogP contribution in [0, 0.1) is 0 Å². The van der Waals surface area contributed by atoms with Crippen molar-refractivity contribution in [1.82, 2.24) is 19.8 Å². The highest BCUT2D eigenvalue weighted by molar-refractivity contribution is 9.10. The van der Waals surface area contributed by atoms with Crippen LogP contribution in [-0.4, -0.2) is 41.3 Å². The molecule has 0 atom stereocenters. The van der Waals surface area contributed by atoms with Crippen molar-refractivity contribution >= 4 is 58.8 Å². The summed E-state index contributed by atoms with van der Waals surface area (Å²) < 4.78 is 29.5. The predicted molar refractivity (Wildman–Crippen MR) is 109 cm³/mol. The Morgan fingerprint density at radius 3 is 2.52 bits per heavy atom. The first-order valence-electron chi connectivity index (χ1n) is 8.35. The van der Waals surface area contributed by atoms with Gasteiger partial charge in [-0.1, -0.05) is 21.1 Å². The number of sulfone groups is 1. The summed E-state index contributed by atoms with van der Waals surface area (Å²) in [4.78, 5) is 6.93. The fourth-order valence-corrected chi connectivity index (χ4v) is 5.33. The van der Waals surface area contributed by atoms with Crippen molar-refractivity contribution in [2.75, 3.05) is 18.0 Å². The third kappa shape index (κ3) is 2.91. The summed E-state index contributed by atoms with van der Waals surface area (Å²) in [6, 6.07) is 8.36. The number of fused-ring (bicyclic) bond motifs is 3. The maximum atomic E-state index is 13.1. The van der Waals surface area contributed by atoms with Gasteiger partial charge in [0, 0.05) is 17.6 Å². The minimum atomic E-state index is -3.84. The Labute approximate surface area is 168 Å². The molecule has 7 nitrogen and oxygen atoms in total. The van der Waals surface area contributed by atoms with Crippen LogP contribution < -0.4 is 4.90 Å². The summed E-state index contributed by atoms with van der Waals surface area (Å²) in [5, 5.41) is 9.88. The van der Waals surface area contributed by atoms with Crippen LogP contribution in [0.15, 0.2) is 50.1 Å². The number of anilines is 1. The molecule has 0 unspecified atom stereocenters. The van der Waals surface area contributed by atoms with E-state index in [0.717, 1.165) is 33.6 Å². The number of aromatic nitrogens is 4. The Morgan fingerprint density at radius 1 is 1.15 bits per heavy atom. The first-order chi connectivity index (χ1) is 13.0. The zero-order chi connectivity index (χ0) is 19.2. The van der Waals surface area contributed by atoms with Crippen LogP contribution in [0.1, 0.15) is 13.8 Å². The summed E-state index contributed by atoms with van der Waals surface area (Å²) in [6.07, 6.45) is 0. The van der Waals surface area contributed by atoms with E-state index in [1.54, 1.807) is 35.6 Å². The molecule has 3 aromatic heterocycles. The fraction of sp³-hybridized carbons (Fsp3) is 0.235. The van der Waals surface area contributed by atoms with Gasteiger partial charge >= 0.3 is 0 Å². The van der Waals surface area contributed by atoms with Gasteiger partial charge in [0.25, 0.3) is 0 Å². The van der Waals surface area contributed by atoms with E-state index in [9.17, 15) is 8.42 Å². The van der Waals surface area contributed by atoms with E-state index in [1.165, 1.54) is 4.52 Å². The molecule has 0 radical (unpaired) electrons. The molecule has 3 heterocycles. The van der Waals surface area contributed by atoms with Crippen molar-refractivity contribution in [1.29, 1.82) is 0 Å². The van der Waals surface area contributed by atoms with Crippen LogP contribution in [0.4, 0.5) is 5.82 Å². The molecular formula is C17H16BrN5O2S2.